The van der Waals surface area contributed by atoms with Gasteiger partial charge in [0.1, 0.15) is 28.6 Å². The minimum atomic E-state index is -0.580. The van der Waals surface area contributed by atoms with E-state index in [-0.39, 0.29) is 23.1 Å². The van der Waals surface area contributed by atoms with E-state index in [4.69, 9.17) is 9.47 Å². The molecule has 0 aliphatic heterocycles. The number of benzene rings is 1. The van der Waals surface area contributed by atoms with Gasteiger partial charge in [-0.1, -0.05) is 18.2 Å². The highest BCUT2D eigenvalue weighted by Gasteiger charge is 2.18. The molecule has 3 rings (SSSR count). The van der Waals surface area contributed by atoms with Gasteiger partial charge in [-0.15, -0.1) is 0 Å². The number of pyridine rings is 1. The summed E-state index contributed by atoms with van der Waals surface area (Å²) >= 11 is 0. The van der Waals surface area contributed by atoms with Crippen LogP contribution in [0.3, 0.4) is 0 Å². The molecule has 0 saturated heterocycles. The minimum absolute atomic E-state index is 0.0175. The molecule has 0 radical (unpaired) electrons. The van der Waals surface area contributed by atoms with Gasteiger partial charge in [0, 0.05) is 19.3 Å². The summed E-state index contributed by atoms with van der Waals surface area (Å²) < 4.78 is 12.9. The second kappa shape index (κ2) is 11.4. The average Bonchev–Trinajstić information content (AvgIpc) is 2.82. The Morgan fingerprint density at radius 3 is 2.66 bits per heavy atom. The number of aromatic nitrogens is 2. The van der Waals surface area contributed by atoms with E-state index in [1.54, 1.807) is 18.3 Å². The standard InChI is InChI=1S/C27H30N4O4/c1-17(2)34-14-8-12-29-25(32)21(16-28)15-22-26(35-23-11-6-9-18(3)20(23)5)30-24-19(4)10-7-13-31(24)27(22)33/h6-7,9-11,13,15,17H,8,12,14H2,1-5H3,(H,29,32)/b21-15+. The molecule has 0 aliphatic carbocycles. The van der Waals surface area contributed by atoms with E-state index in [1.165, 1.54) is 10.5 Å². The van der Waals surface area contributed by atoms with Gasteiger partial charge in [0.25, 0.3) is 11.5 Å². The Balaban J connectivity index is 2.02. The lowest BCUT2D eigenvalue weighted by molar-refractivity contribution is -0.117. The Morgan fingerprint density at radius 1 is 1.20 bits per heavy atom. The van der Waals surface area contributed by atoms with E-state index in [9.17, 15) is 14.9 Å². The second-order valence-electron chi connectivity index (χ2n) is 8.52. The number of aryl methyl sites for hydroxylation is 2. The summed E-state index contributed by atoms with van der Waals surface area (Å²) in [7, 11) is 0. The third-order valence-electron chi connectivity index (χ3n) is 5.52. The fourth-order valence-electron chi connectivity index (χ4n) is 3.41. The van der Waals surface area contributed by atoms with Gasteiger partial charge < -0.3 is 14.8 Å². The van der Waals surface area contributed by atoms with Crippen molar-refractivity contribution >= 4 is 17.6 Å². The van der Waals surface area contributed by atoms with Gasteiger partial charge in [-0.05, 0) is 75.9 Å². The van der Waals surface area contributed by atoms with Crippen LogP contribution in [0.4, 0.5) is 0 Å². The Hall–Kier alpha value is -3.96. The zero-order chi connectivity index (χ0) is 25.5. The molecular formula is C27H30N4O4. The average molecular weight is 475 g/mol. The molecule has 182 valence electrons. The third kappa shape index (κ3) is 6.14. The number of ether oxygens (including phenoxy) is 2. The summed E-state index contributed by atoms with van der Waals surface area (Å²) in [4.78, 5) is 30.7. The predicted octanol–water partition coefficient (Wildman–Crippen LogP) is 4.25. The molecule has 3 aromatic rings. The quantitative estimate of drug-likeness (QED) is 0.282. The highest BCUT2D eigenvalue weighted by atomic mass is 16.5. The topological polar surface area (TPSA) is 106 Å². The number of amides is 1. The molecule has 0 atom stereocenters. The Kier molecular flexibility index (Phi) is 8.39. The first-order chi connectivity index (χ1) is 16.7. The molecule has 0 bridgehead atoms. The van der Waals surface area contributed by atoms with Crippen LogP contribution in [-0.4, -0.2) is 34.5 Å². The monoisotopic (exact) mass is 474 g/mol. The van der Waals surface area contributed by atoms with Crippen molar-refractivity contribution in [1.29, 1.82) is 5.26 Å². The predicted molar refractivity (Wildman–Crippen MR) is 134 cm³/mol. The molecule has 0 spiro atoms. The lowest BCUT2D eigenvalue weighted by atomic mass is 10.1. The lowest BCUT2D eigenvalue weighted by Gasteiger charge is -2.14. The maximum absolute atomic E-state index is 13.4. The summed E-state index contributed by atoms with van der Waals surface area (Å²) in [6.45, 7) is 10.4. The van der Waals surface area contributed by atoms with Crippen molar-refractivity contribution < 1.29 is 14.3 Å². The van der Waals surface area contributed by atoms with Crippen LogP contribution < -0.4 is 15.6 Å². The molecule has 0 fully saturated rings. The molecule has 2 heterocycles. The van der Waals surface area contributed by atoms with Gasteiger partial charge in [-0.2, -0.15) is 10.2 Å². The van der Waals surface area contributed by atoms with Crippen LogP contribution in [0.5, 0.6) is 11.6 Å². The molecular weight excluding hydrogens is 444 g/mol. The van der Waals surface area contributed by atoms with Gasteiger partial charge in [-0.3, -0.25) is 14.0 Å². The first-order valence-corrected chi connectivity index (χ1v) is 11.5. The number of nitrogens with one attached hydrogen (secondary N) is 1. The molecule has 35 heavy (non-hydrogen) atoms. The van der Waals surface area contributed by atoms with Crippen LogP contribution in [0.1, 0.15) is 42.5 Å². The van der Waals surface area contributed by atoms with Crippen molar-refractivity contribution in [1.82, 2.24) is 14.7 Å². The van der Waals surface area contributed by atoms with Crippen LogP contribution >= 0.6 is 0 Å². The molecule has 1 amide bonds. The van der Waals surface area contributed by atoms with E-state index < -0.39 is 11.5 Å². The summed E-state index contributed by atoms with van der Waals surface area (Å²) in [6, 6.07) is 11.1. The first-order valence-electron chi connectivity index (χ1n) is 11.5. The molecule has 1 N–H and O–H groups in total. The molecule has 0 unspecified atom stereocenters. The number of hydrogen-bond acceptors (Lipinski definition) is 6. The second-order valence-corrected chi connectivity index (χ2v) is 8.52. The van der Waals surface area contributed by atoms with E-state index in [0.29, 0.717) is 31.0 Å². The smallest absolute Gasteiger partial charge is 0.269 e. The van der Waals surface area contributed by atoms with Crippen LogP contribution in [0.2, 0.25) is 0 Å². The maximum Gasteiger partial charge on any atom is 0.269 e. The number of rotatable bonds is 9. The fraction of sp³-hybridized carbons (Fsp3) is 0.333. The van der Waals surface area contributed by atoms with Crippen LogP contribution in [0, 0.1) is 32.1 Å². The minimum Gasteiger partial charge on any atom is -0.438 e. The normalized spacial score (nSPS) is 11.5. The molecule has 0 saturated carbocycles. The number of carbonyl (C=O) groups excluding carboxylic acids is 1. The molecule has 2 aromatic heterocycles. The van der Waals surface area contributed by atoms with Crippen LogP contribution in [0.15, 0.2) is 46.9 Å². The van der Waals surface area contributed by atoms with Crippen molar-refractivity contribution in [2.24, 2.45) is 0 Å². The van der Waals surface area contributed by atoms with Gasteiger partial charge in [0.05, 0.1) is 6.10 Å². The number of hydrogen-bond donors (Lipinski definition) is 1. The van der Waals surface area contributed by atoms with Gasteiger partial charge in [-0.25, -0.2) is 0 Å². The van der Waals surface area contributed by atoms with Crippen molar-refractivity contribution in [3.8, 4) is 17.7 Å². The zero-order valence-corrected chi connectivity index (χ0v) is 20.7. The third-order valence-corrected chi connectivity index (χ3v) is 5.52. The summed E-state index contributed by atoms with van der Waals surface area (Å²) in [5, 5.41) is 12.4. The number of nitrogens with zero attached hydrogens (tertiary/aromatic N) is 3. The largest absolute Gasteiger partial charge is 0.438 e. The number of nitriles is 1. The van der Waals surface area contributed by atoms with Gasteiger partial charge in [0.15, 0.2) is 0 Å². The highest BCUT2D eigenvalue weighted by molar-refractivity contribution is 6.01. The zero-order valence-electron chi connectivity index (χ0n) is 20.7. The summed E-state index contributed by atoms with van der Waals surface area (Å²) in [5.41, 5.74) is 2.50. The van der Waals surface area contributed by atoms with E-state index in [1.807, 2.05) is 58.9 Å². The number of fused-ring (bicyclic) bond motifs is 1. The Morgan fingerprint density at radius 2 is 1.94 bits per heavy atom. The summed E-state index contributed by atoms with van der Waals surface area (Å²) in [5.74, 6) is -0.00930. The van der Waals surface area contributed by atoms with E-state index >= 15 is 0 Å². The van der Waals surface area contributed by atoms with Gasteiger partial charge >= 0.3 is 0 Å². The molecule has 0 aliphatic rings. The fourth-order valence-corrected chi connectivity index (χ4v) is 3.41. The molecule has 8 nitrogen and oxygen atoms in total. The van der Waals surface area contributed by atoms with Crippen molar-refractivity contribution in [3.05, 3.63) is 74.7 Å². The van der Waals surface area contributed by atoms with Crippen LogP contribution in [-0.2, 0) is 9.53 Å². The maximum atomic E-state index is 13.4. The van der Waals surface area contributed by atoms with Gasteiger partial charge in [0.2, 0.25) is 5.88 Å². The molecule has 1 aromatic carbocycles. The lowest BCUT2D eigenvalue weighted by Crippen LogP contribution is -2.27. The van der Waals surface area contributed by atoms with E-state index in [0.717, 1.165) is 16.7 Å². The van der Waals surface area contributed by atoms with Crippen molar-refractivity contribution in [2.45, 2.75) is 47.1 Å². The Bertz CT molecular complexity index is 1370. The summed E-state index contributed by atoms with van der Waals surface area (Å²) in [6.07, 6.45) is 3.54. The van der Waals surface area contributed by atoms with E-state index in [2.05, 4.69) is 10.3 Å². The number of carbonyl (C=O) groups is 1. The SMILES string of the molecule is Cc1cccc(Oc2nc3c(C)cccn3c(=O)c2/C=C(\C#N)C(=O)NCCCOC(C)C)c1C. The first kappa shape index (κ1) is 25.7. The Labute approximate surface area is 204 Å². The molecule has 8 heteroatoms. The van der Waals surface area contributed by atoms with Crippen molar-refractivity contribution in [3.63, 3.8) is 0 Å². The van der Waals surface area contributed by atoms with Crippen LogP contribution in [0.25, 0.3) is 11.7 Å². The highest BCUT2D eigenvalue weighted by Crippen LogP contribution is 2.28. The van der Waals surface area contributed by atoms with Crippen molar-refractivity contribution in [2.75, 3.05) is 13.2 Å².